The van der Waals surface area contributed by atoms with Gasteiger partial charge in [0.25, 0.3) is 0 Å². The number of amides is 1. The largest absolute Gasteiger partial charge is 0.478 e. The number of carbonyl (C=O) groups excluding carboxylic acids is 1. The van der Waals surface area contributed by atoms with Gasteiger partial charge in [0.15, 0.2) is 0 Å². The summed E-state index contributed by atoms with van der Waals surface area (Å²) in [5.41, 5.74) is 7.66. The van der Waals surface area contributed by atoms with E-state index < -0.39 is 5.97 Å². The molecular formula is C15H18N2O3. The molecular weight excluding hydrogens is 256 g/mol. The van der Waals surface area contributed by atoms with Gasteiger partial charge in [0.2, 0.25) is 5.91 Å². The molecule has 0 radical (unpaired) electrons. The highest BCUT2D eigenvalue weighted by molar-refractivity contribution is 5.88. The Bertz CT molecular complexity index is 573. The highest BCUT2D eigenvalue weighted by Crippen LogP contribution is 2.43. The molecule has 106 valence electrons. The van der Waals surface area contributed by atoms with Crippen LogP contribution in [0, 0.1) is 5.41 Å². The molecule has 20 heavy (non-hydrogen) atoms. The topological polar surface area (TPSA) is 83.6 Å². The van der Waals surface area contributed by atoms with E-state index in [1.165, 1.54) is 0 Å². The summed E-state index contributed by atoms with van der Waals surface area (Å²) < 4.78 is 0. The van der Waals surface area contributed by atoms with Crippen molar-refractivity contribution >= 4 is 11.9 Å². The van der Waals surface area contributed by atoms with Gasteiger partial charge >= 0.3 is 5.97 Å². The van der Waals surface area contributed by atoms with Gasteiger partial charge in [-0.05, 0) is 36.1 Å². The van der Waals surface area contributed by atoms with Gasteiger partial charge in [-0.25, -0.2) is 4.79 Å². The van der Waals surface area contributed by atoms with Crippen LogP contribution < -0.4 is 5.73 Å². The standard InChI is InChI=1S/C15H18N2O3/c16-9-15(4-1-5-15)14(20)17-7-11-3-2-10(13(18)19)6-12(11)8-17/h2-3,6H,1,4-5,7-9,16H2,(H,18,19). The zero-order chi connectivity index (χ0) is 14.3. The van der Waals surface area contributed by atoms with E-state index >= 15 is 0 Å². The number of hydrogen-bond donors (Lipinski definition) is 2. The Labute approximate surface area is 117 Å². The summed E-state index contributed by atoms with van der Waals surface area (Å²) in [4.78, 5) is 25.4. The van der Waals surface area contributed by atoms with E-state index in [1.807, 2.05) is 11.0 Å². The summed E-state index contributed by atoms with van der Waals surface area (Å²) in [6, 6.07) is 5.07. The first kappa shape index (κ1) is 13.1. The molecule has 5 heteroatoms. The third-order valence-electron chi connectivity index (χ3n) is 4.62. The van der Waals surface area contributed by atoms with E-state index in [9.17, 15) is 9.59 Å². The molecule has 0 saturated heterocycles. The van der Waals surface area contributed by atoms with Gasteiger partial charge in [-0.1, -0.05) is 12.5 Å². The van der Waals surface area contributed by atoms with Crippen molar-refractivity contribution in [2.75, 3.05) is 6.54 Å². The number of rotatable bonds is 3. The minimum Gasteiger partial charge on any atom is -0.478 e. The zero-order valence-corrected chi connectivity index (χ0v) is 11.3. The van der Waals surface area contributed by atoms with E-state index in [0.717, 1.165) is 30.4 Å². The molecule has 1 amide bonds. The Balaban J connectivity index is 1.80. The normalized spacial score (nSPS) is 19.4. The molecule has 0 unspecified atom stereocenters. The minimum atomic E-state index is -0.935. The molecule has 1 heterocycles. The van der Waals surface area contributed by atoms with Gasteiger partial charge in [-0.3, -0.25) is 4.79 Å². The Morgan fingerprint density at radius 3 is 2.50 bits per heavy atom. The van der Waals surface area contributed by atoms with Crippen molar-refractivity contribution in [3.8, 4) is 0 Å². The summed E-state index contributed by atoms with van der Waals surface area (Å²) in [7, 11) is 0. The van der Waals surface area contributed by atoms with Crippen LogP contribution in [-0.4, -0.2) is 28.4 Å². The summed E-state index contributed by atoms with van der Waals surface area (Å²) >= 11 is 0. The number of aromatic carboxylic acids is 1. The number of carbonyl (C=O) groups is 2. The number of nitrogens with zero attached hydrogens (tertiary/aromatic N) is 1. The summed E-state index contributed by atoms with van der Waals surface area (Å²) in [6.07, 6.45) is 2.80. The number of hydrogen-bond acceptors (Lipinski definition) is 3. The van der Waals surface area contributed by atoms with Crippen molar-refractivity contribution in [3.05, 3.63) is 34.9 Å². The molecule has 5 nitrogen and oxygen atoms in total. The Kier molecular flexibility index (Phi) is 3.01. The van der Waals surface area contributed by atoms with Crippen LogP contribution in [0.1, 0.15) is 40.7 Å². The van der Waals surface area contributed by atoms with Crippen LogP contribution in [0.25, 0.3) is 0 Å². The first-order chi connectivity index (χ1) is 9.55. The second-order valence-electron chi connectivity index (χ2n) is 5.79. The molecule has 0 atom stereocenters. The Morgan fingerprint density at radius 1 is 1.25 bits per heavy atom. The average molecular weight is 274 g/mol. The SMILES string of the molecule is NCC1(C(=O)N2Cc3ccc(C(=O)O)cc3C2)CCC1. The summed E-state index contributed by atoms with van der Waals surface area (Å²) in [6.45, 7) is 1.46. The lowest BCUT2D eigenvalue weighted by molar-refractivity contribution is -0.147. The number of carboxylic acid groups (broad SMARTS) is 1. The zero-order valence-electron chi connectivity index (χ0n) is 11.3. The quantitative estimate of drug-likeness (QED) is 0.871. The van der Waals surface area contributed by atoms with Gasteiger partial charge in [-0.15, -0.1) is 0 Å². The van der Waals surface area contributed by atoms with Gasteiger partial charge in [-0.2, -0.15) is 0 Å². The highest BCUT2D eigenvalue weighted by Gasteiger charge is 2.46. The van der Waals surface area contributed by atoms with Crippen molar-refractivity contribution in [1.82, 2.24) is 4.90 Å². The lowest BCUT2D eigenvalue weighted by Crippen LogP contribution is -2.50. The van der Waals surface area contributed by atoms with E-state index in [-0.39, 0.29) is 16.9 Å². The van der Waals surface area contributed by atoms with Gasteiger partial charge in [0.1, 0.15) is 0 Å². The fraction of sp³-hybridized carbons (Fsp3) is 0.467. The number of nitrogens with two attached hydrogens (primary N) is 1. The first-order valence-corrected chi connectivity index (χ1v) is 6.90. The molecule has 3 N–H and O–H groups in total. The van der Waals surface area contributed by atoms with Gasteiger partial charge in [0.05, 0.1) is 11.0 Å². The Morgan fingerprint density at radius 2 is 1.95 bits per heavy atom. The smallest absolute Gasteiger partial charge is 0.335 e. The third kappa shape index (κ3) is 1.89. The maximum Gasteiger partial charge on any atom is 0.335 e. The van der Waals surface area contributed by atoms with Crippen LogP contribution in [-0.2, 0) is 17.9 Å². The van der Waals surface area contributed by atoms with Gasteiger partial charge in [0, 0.05) is 19.6 Å². The molecule has 1 fully saturated rings. The maximum absolute atomic E-state index is 12.6. The molecule has 1 aromatic carbocycles. The van der Waals surface area contributed by atoms with Crippen LogP contribution in [0.15, 0.2) is 18.2 Å². The lowest BCUT2D eigenvalue weighted by atomic mass is 9.68. The van der Waals surface area contributed by atoms with Crippen LogP contribution in [0.4, 0.5) is 0 Å². The monoisotopic (exact) mass is 274 g/mol. The molecule has 1 saturated carbocycles. The molecule has 1 aromatic rings. The van der Waals surface area contributed by atoms with Gasteiger partial charge < -0.3 is 15.7 Å². The predicted molar refractivity (Wildman–Crippen MR) is 73.0 cm³/mol. The molecule has 0 bridgehead atoms. The second kappa shape index (κ2) is 4.59. The summed E-state index contributed by atoms with van der Waals surface area (Å²) in [5, 5.41) is 9.01. The number of carboxylic acids is 1. The molecule has 0 aromatic heterocycles. The van der Waals surface area contributed by atoms with Crippen molar-refractivity contribution in [2.45, 2.75) is 32.4 Å². The van der Waals surface area contributed by atoms with E-state index in [0.29, 0.717) is 19.6 Å². The predicted octanol–water partition coefficient (Wildman–Crippen LogP) is 1.36. The molecule has 2 aliphatic rings. The van der Waals surface area contributed by atoms with Crippen LogP contribution >= 0.6 is 0 Å². The van der Waals surface area contributed by atoms with E-state index in [1.54, 1.807) is 12.1 Å². The maximum atomic E-state index is 12.6. The van der Waals surface area contributed by atoms with Crippen LogP contribution in [0.5, 0.6) is 0 Å². The molecule has 1 aliphatic heterocycles. The van der Waals surface area contributed by atoms with Crippen molar-refractivity contribution in [3.63, 3.8) is 0 Å². The Hall–Kier alpha value is -1.88. The third-order valence-corrected chi connectivity index (χ3v) is 4.62. The molecule has 3 rings (SSSR count). The van der Waals surface area contributed by atoms with Crippen molar-refractivity contribution in [2.24, 2.45) is 11.1 Å². The van der Waals surface area contributed by atoms with Crippen LogP contribution in [0.3, 0.4) is 0 Å². The fourth-order valence-electron chi connectivity index (χ4n) is 3.12. The highest BCUT2D eigenvalue weighted by atomic mass is 16.4. The van der Waals surface area contributed by atoms with Crippen LogP contribution in [0.2, 0.25) is 0 Å². The molecule has 0 spiro atoms. The first-order valence-electron chi connectivity index (χ1n) is 6.90. The van der Waals surface area contributed by atoms with Crippen molar-refractivity contribution < 1.29 is 14.7 Å². The second-order valence-corrected chi connectivity index (χ2v) is 5.79. The lowest BCUT2D eigenvalue weighted by Gasteiger charge is -2.41. The van der Waals surface area contributed by atoms with E-state index in [4.69, 9.17) is 10.8 Å². The van der Waals surface area contributed by atoms with Crippen molar-refractivity contribution in [1.29, 1.82) is 0 Å². The number of fused-ring (bicyclic) bond motifs is 1. The minimum absolute atomic E-state index is 0.124. The summed E-state index contributed by atoms with van der Waals surface area (Å²) in [5.74, 6) is -0.811. The fourth-order valence-corrected chi connectivity index (χ4v) is 3.12. The average Bonchev–Trinajstić information content (AvgIpc) is 2.80. The van der Waals surface area contributed by atoms with E-state index in [2.05, 4.69) is 0 Å². The number of benzene rings is 1. The molecule has 1 aliphatic carbocycles.